The van der Waals surface area contributed by atoms with Gasteiger partial charge < -0.3 is 10.1 Å². The van der Waals surface area contributed by atoms with Crippen LogP contribution in [0.3, 0.4) is 0 Å². The second kappa shape index (κ2) is 8.31. The van der Waals surface area contributed by atoms with Crippen LogP contribution in [0.4, 0.5) is 11.8 Å². The van der Waals surface area contributed by atoms with E-state index in [4.69, 9.17) is 9.72 Å². The zero-order valence-corrected chi connectivity index (χ0v) is 16.3. The molecule has 0 spiro atoms. The normalized spacial score (nSPS) is 21.9. The van der Waals surface area contributed by atoms with Crippen LogP contribution in [-0.2, 0) is 4.74 Å². The highest BCUT2D eigenvalue weighted by Gasteiger charge is 2.28. The van der Waals surface area contributed by atoms with Crippen LogP contribution >= 0.6 is 0 Å². The third-order valence-corrected chi connectivity index (χ3v) is 5.57. The Morgan fingerprint density at radius 1 is 1.04 bits per heavy atom. The summed E-state index contributed by atoms with van der Waals surface area (Å²) in [5.74, 6) is 1.92. The van der Waals surface area contributed by atoms with Crippen LogP contribution in [0.2, 0.25) is 0 Å². The van der Waals surface area contributed by atoms with Gasteiger partial charge in [0.15, 0.2) is 0 Å². The fourth-order valence-electron chi connectivity index (χ4n) is 4.27. The molecule has 2 fully saturated rings. The van der Waals surface area contributed by atoms with E-state index in [1.807, 2.05) is 26.0 Å². The lowest BCUT2D eigenvalue weighted by atomic mass is 9.92. The van der Waals surface area contributed by atoms with Gasteiger partial charge in [-0.3, -0.25) is 4.90 Å². The van der Waals surface area contributed by atoms with Crippen LogP contribution in [0.25, 0.3) is 0 Å². The van der Waals surface area contributed by atoms with E-state index in [9.17, 15) is 0 Å². The van der Waals surface area contributed by atoms with Crippen LogP contribution in [-0.4, -0.2) is 52.2 Å². The molecule has 2 saturated heterocycles. The van der Waals surface area contributed by atoms with Crippen molar-refractivity contribution in [3.63, 3.8) is 0 Å². The van der Waals surface area contributed by atoms with Gasteiger partial charge in [-0.05, 0) is 64.3 Å². The molecule has 1 atom stereocenters. The Kier molecular flexibility index (Phi) is 5.64. The molecule has 4 rings (SSSR count). The number of ether oxygens (including phenoxy) is 1. The summed E-state index contributed by atoms with van der Waals surface area (Å²) in [5, 5.41) is 3.28. The molecule has 2 aliphatic heterocycles. The lowest BCUT2D eigenvalue weighted by molar-refractivity contribution is 0.0238. The highest BCUT2D eigenvalue weighted by Crippen LogP contribution is 2.29. The van der Waals surface area contributed by atoms with E-state index in [1.165, 1.54) is 25.1 Å². The molecule has 1 unspecified atom stereocenters. The number of likely N-dealkylation sites (tertiary alicyclic amines) is 1. The molecule has 2 aromatic heterocycles. The van der Waals surface area contributed by atoms with Gasteiger partial charge in [-0.1, -0.05) is 6.07 Å². The Morgan fingerprint density at radius 2 is 1.81 bits per heavy atom. The van der Waals surface area contributed by atoms with Crippen LogP contribution < -0.4 is 5.32 Å². The molecule has 0 amide bonds. The molecule has 0 saturated carbocycles. The van der Waals surface area contributed by atoms with Gasteiger partial charge in [0, 0.05) is 48.8 Å². The van der Waals surface area contributed by atoms with Gasteiger partial charge in [0.25, 0.3) is 0 Å². The van der Waals surface area contributed by atoms with E-state index in [-0.39, 0.29) is 0 Å². The van der Waals surface area contributed by atoms with Gasteiger partial charge in [0.2, 0.25) is 5.95 Å². The van der Waals surface area contributed by atoms with Crippen LogP contribution in [0.5, 0.6) is 0 Å². The summed E-state index contributed by atoms with van der Waals surface area (Å²) < 4.78 is 5.53. The van der Waals surface area contributed by atoms with Crippen molar-refractivity contribution < 1.29 is 4.74 Å². The topological polar surface area (TPSA) is 63.2 Å². The minimum Gasteiger partial charge on any atom is -0.381 e. The number of anilines is 2. The monoisotopic (exact) mass is 367 g/mol. The number of nitrogens with one attached hydrogen (secondary N) is 1. The van der Waals surface area contributed by atoms with Crippen molar-refractivity contribution in [3.8, 4) is 0 Å². The maximum absolute atomic E-state index is 5.53. The van der Waals surface area contributed by atoms with Crippen molar-refractivity contribution in [1.82, 2.24) is 19.9 Å². The summed E-state index contributed by atoms with van der Waals surface area (Å²) in [4.78, 5) is 16.5. The quantitative estimate of drug-likeness (QED) is 0.891. The first kappa shape index (κ1) is 18.3. The van der Waals surface area contributed by atoms with Crippen LogP contribution in [0.1, 0.15) is 48.7 Å². The zero-order chi connectivity index (χ0) is 18.6. The van der Waals surface area contributed by atoms with Gasteiger partial charge in [-0.2, -0.15) is 0 Å². The molecule has 0 aromatic carbocycles. The van der Waals surface area contributed by atoms with Crippen LogP contribution in [0, 0.1) is 13.8 Å². The predicted molar refractivity (Wildman–Crippen MR) is 106 cm³/mol. The van der Waals surface area contributed by atoms with Crippen molar-refractivity contribution in [2.45, 2.75) is 51.5 Å². The van der Waals surface area contributed by atoms with Gasteiger partial charge in [0.05, 0.1) is 0 Å². The average Bonchev–Trinajstić information content (AvgIpc) is 2.68. The molecule has 2 aliphatic rings. The van der Waals surface area contributed by atoms with Crippen molar-refractivity contribution in [2.24, 2.45) is 0 Å². The van der Waals surface area contributed by atoms with E-state index in [2.05, 4.69) is 32.3 Å². The summed E-state index contributed by atoms with van der Waals surface area (Å²) in [7, 11) is 0. The summed E-state index contributed by atoms with van der Waals surface area (Å²) in [6.07, 6.45) is 4.76. The summed E-state index contributed by atoms with van der Waals surface area (Å²) in [5.41, 5.74) is 3.09. The zero-order valence-electron chi connectivity index (χ0n) is 16.3. The van der Waals surface area contributed by atoms with E-state index < -0.39 is 0 Å². The van der Waals surface area contributed by atoms with Crippen molar-refractivity contribution in [1.29, 1.82) is 0 Å². The molecule has 1 N–H and O–H groups in total. The Labute approximate surface area is 161 Å². The number of nitrogens with zero attached hydrogens (tertiary/aromatic N) is 4. The Morgan fingerprint density at radius 3 is 2.59 bits per heavy atom. The minimum atomic E-state index is 0.489. The molecule has 0 radical (unpaired) electrons. The average molecular weight is 367 g/mol. The third kappa shape index (κ3) is 4.62. The molecule has 0 bridgehead atoms. The predicted octanol–water partition coefficient (Wildman–Crippen LogP) is 3.59. The molecule has 0 aliphatic carbocycles. The number of pyridine rings is 1. The maximum atomic E-state index is 5.53. The molecule has 6 heteroatoms. The first-order valence-corrected chi connectivity index (χ1v) is 10.1. The number of piperidine rings is 1. The number of hydrogen-bond donors (Lipinski definition) is 1. The fourth-order valence-corrected chi connectivity index (χ4v) is 4.27. The first-order valence-electron chi connectivity index (χ1n) is 10.1. The van der Waals surface area contributed by atoms with E-state index in [1.54, 1.807) is 0 Å². The van der Waals surface area contributed by atoms with E-state index in [0.29, 0.717) is 17.9 Å². The summed E-state index contributed by atoms with van der Waals surface area (Å²) in [6.45, 7) is 8.07. The molecular weight excluding hydrogens is 338 g/mol. The minimum absolute atomic E-state index is 0.489. The molecule has 144 valence electrons. The maximum Gasteiger partial charge on any atom is 0.228 e. The Balaban J connectivity index is 1.46. The summed E-state index contributed by atoms with van der Waals surface area (Å²) in [6, 6.07) is 8.88. The Hall–Kier alpha value is -2.05. The molecule has 27 heavy (non-hydrogen) atoms. The third-order valence-electron chi connectivity index (χ3n) is 5.57. The second-order valence-electron chi connectivity index (χ2n) is 7.72. The van der Waals surface area contributed by atoms with Gasteiger partial charge in [-0.15, -0.1) is 0 Å². The van der Waals surface area contributed by atoms with Gasteiger partial charge in [0.1, 0.15) is 5.82 Å². The second-order valence-corrected chi connectivity index (χ2v) is 7.72. The van der Waals surface area contributed by atoms with Crippen molar-refractivity contribution in [2.75, 3.05) is 31.6 Å². The highest BCUT2D eigenvalue weighted by molar-refractivity contribution is 5.48. The number of hydrogen-bond acceptors (Lipinski definition) is 6. The lowest BCUT2D eigenvalue weighted by Gasteiger charge is -2.39. The molecule has 4 heterocycles. The van der Waals surface area contributed by atoms with E-state index >= 15 is 0 Å². The van der Waals surface area contributed by atoms with Gasteiger partial charge in [-0.25, -0.2) is 15.0 Å². The standard InChI is InChI=1S/C21H29N5O/c1-15-13-16(2)23-21(22-15)25-20-7-3-6-19(24-20)17-5-4-10-26(14-17)18-8-11-27-12-9-18/h3,6-7,13,17-18H,4-5,8-12,14H2,1-2H3,(H,22,23,24,25). The number of aromatic nitrogens is 3. The Bertz CT molecular complexity index is 755. The number of rotatable bonds is 4. The SMILES string of the molecule is Cc1cc(C)nc(Nc2cccc(C3CCCN(C4CCOCC4)C3)n2)n1. The molecule has 2 aromatic rings. The highest BCUT2D eigenvalue weighted by atomic mass is 16.5. The smallest absolute Gasteiger partial charge is 0.228 e. The summed E-state index contributed by atoms with van der Waals surface area (Å²) >= 11 is 0. The largest absolute Gasteiger partial charge is 0.381 e. The van der Waals surface area contributed by atoms with Crippen LogP contribution in [0.15, 0.2) is 24.3 Å². The van der Waals surface area contributed by atoms with Crippen molar-refractivity contribution in [3.05, 3.63) is 41.3 Å². The first-order chi connectivity index (χ1) is 13.2. The van der Waals surface area contributed by atoms with Gasteiger partial charge >= 0.3 is 0 Å². The fraction of sp³-hybridized carbons (Fsp3) is 0.571. The molecule has 6 nitrogen and oxygen atoms in total. The lowest BCUT2D eigenvalue weighted by Crippen LogP contribution is -2.44. The molecular formula is C21H29N5O. The number of aryl methyl sites for hydroxylation is 2. The van der Waals surface area contributed by atoms with Crippen molar-refractivity contribution >= 4 is 11.8 Å². The van der Waals surface area contributed by atoms with E-state index in [0.717, 1.165) is 49.8 Å².